The van der Waals surface area contributed by atoms with E-state index >= 15 is 0 Å². The molecule has 0 aliphatic carbocycles. The summed E-state index contributed by atoms with van der Waals surface area (Å²) in [6.45, 7) is 0. The first-order valence-electron chi connectivity index (χ1n) is 8.58. The van der Waals surface area contributed by atoms with Crippen LogP contribution in [0, 0.1) is 11.6 Å². The van der Waals surface area contributed by atoms with Gasteiger partial charge in [-0.25, -0.2) is 17.2 Å². The average Bonchev–Trinajstić information content (AvgIpc) is 2.89. The predicted octanol–water partition coefficient (Wildman–Crippen LogP) is 3.17. The molecule has 2 bridgehead atoms. The lowest BCUT2D eigenvalue weighted by Crippen LogP contribution is -2.52. The summed E-state index contributed by atoms with van der Waals surface area (Å²) < 4.78 is 54.8. The normalized spacial score (nSPS) is 29.0. The monoisotopic (exact) mass is 379 g/mol. The van der Waals surface area contributed by atoms with Crippen LogP contribution in [0.2, 0.25) is 0 Å². The topological polar surface area (TPSA) is 57.6 Å². The highest BCUT2D eigenvalue weighted by Crippen LogP contribution is 2.48. The lowest BCUT2D eigenvalue weighted by Gasteiger charge is -2.43. The van der Waals surface area contributed by atoms with Crippen LogP contribution in [-0.2, 0) is 15.6 Å². The van der Waals surface area contributed by atoms with Crippen molar-refractivity contribution in [2.45, 2.75) is 48.3 Å². The van der Waals surface area contributed by atoms with E-state index in [1.807, 2.05) is 0 Å². The second-order valence-corrected chi connectivity index (χ2v) is 8.94. The molecule has 1 N–H and O–H groups in total. The fourth-order valence-electron chi connectivity index (χ4n) is 4.36. The van der Waals surface area contributed by atoms with Gasteiger partial charge in [0.1, 0.15) is 11.6 Å². The number of piperidine rings is 1. The maximum Gasteiger partial charge on any atom is 0.243 e. The first kappa shape index (κ1) is 17.6. The van der Waals surface area contributed by atoms with Crippen LogP contribution in [0.5, 0.6) is 0 Å². The van der Waals surface area contributed by atoms with Crippen LogP contribution in [-0.4, -0.2) is 29.9 Å². The minimum atomic E-state index is -3.80. The molecule has 0 saturated carbocycles. The molecular formula is C19H19F2NO3S. The summed E-state index contributed by atoms with van der Waals surface area (Å²) in [7, 11) is -3.80. The maximum atomic E-state index is 14.2. The number of rotatable bonds is 3. The molecule has 0 amide bonds. The molecule has 4 nitrogen and oxygen atoms in total. The number of aliphatic hydroxyl groups is 1. The van der Waals surface area contributed by atoms with E-state index in [4.69, 9.17) is 0 Å². The van der Waals surface area contributed by atoms with Gasteiger partial charge in [-0.1, -0.05) is 18.2 Å². The molecule has 0 aromatic heterocycles. The zero-order valence-electron chi connectivity index (χ0n) is 14.0. The molecule has 2 atom stereocenters. The summed E-state index contributed by atoms with van der Waals surface area (Å²) in [6, 6.07) is 10.0. The third kappa shape index (κ3) is 2.74. The highest BCUT2D eigenvalue weighted by atomic mass is 32.2. The molecule has 2 fully saturated rings. The molecular weight excluding hydrogens is 360 g/mol. The minimum absolute atomic E-state index is 0.0344. The van der Waals surface area contributed by atoms with Gasteiger partial charge in [0, 0.05) is 17.6 Å². The van der Waals surface area contributed by atoms with Gasteiger partial charge in [0.2, 0.25) is 10.0 Å². The highest BCUT2D eigenvalue weighted by Gasteiger charge is 2.53. The first-order valence-corrected chi connectivity index (χ1v) is 10.0. The van der Waals surface area contributed by atoms with Gasteiger partial charge in [-0.2, -0.15) is 4.31 Å². The predicted molar refractivity (Wildman–Crippen MR) is 91.8 cm³/mol. The molecule has 2 aliphatic heterocycles. The van der Waals surface area contributed by atoms with E-state index in [-0.39, 0.29) is 23.3 Å². The van der Waals surface area contributed by atoms with Crippen molar-refractivity contribution in [1.82, 2.24) is 4.31 Å². The van der Waals surface area contributed by atoms with Gasteiger partial charge in [-0.3, -0.25) is 0 Å². The summed E-state index contributed by atoms with van der Waals surface area (Å²) in [5, 5.41) is 11.1. The van der Waals surface area contributed by atoms with Crippen molar-refractivity contribution in [2.75, 3.05) is 0 Å². The molecule has 0 radical (unpaired) electrons. The Morgan fingerprint density at radius 2 is 1.54 bits per heavy atom. The molecule has 2 unspecified atom stereocenters. The third-order valence-corrected chi connectivity index (χ3v) is 7.48. The van der Waals surface area contributed by atoms with E-state index in [9.17, 15) is 22.3 Å². The number of halogens is 2. The largest absolute Gasteiger partial charge is 0.385 e. The van der Waals surface area contributed by atoms with Gasteiger partial charge in [-0.15, -0.1) is 0 Å². The summed E-state index contributed by atoms with van der Waals surface area (Å²) in [5.41, 5.74) is -1.16. The molecule has 2 heterocycles. The van der Waals surface area contributed by atoms with Gasteiger partial charge in [0.25, 0.3) is 0 Å². The Bertz CT molecular complexity index is 916. The van der Waals surface area contributed by atoms with Crippen molar-refractivity contribution in [3.63, 3.8) is 0 Å². The van der Waals surface area contributed by atoms with E-state index < -0.39 is 39.3 Å². The van der Waals surface area contributed by atoms with Gasteiger partial charge >= 0.3 is 0 Å². The number of sulfonamides is 1. The average molecular weight is 379 g/mol. The Labute approximate surface area is 151 Å². The van der Waals surface area contributed by atoms with E-state index in [0.29, 0.717) is 12.8 Å². The first-order chi connectivity index (χ1) is 12.3. The number of benzene rings is 2. The van der Waals surface area contributed by atoms with Crippen molar-refractivity contribution in [3.05, 3.63) is 65.7 Å². The molecule has 4 rings (SSSR count). The Morgan fingerprint density at radius 3 is 2.12 bits per heavy atom. The lowest BCUT2D eigenvalue weighted by atomic mass is 9.81. The summed E-state index contributed by atoms with van der Waals surface area (Å²) in [6.07, 6.45) is 1.51. The molecule has 26 heavy (non-hydrogen) atoms. The smallest absolute Gasteiger partial charge is 0.243 e. The Kier molecular flexibility index (Phi) is 4.13. The molecule has 7 heteroatoms. The number of nitrogens with zero attached hydrogens (tertiary/aromatic N) is 1. The molecule has 0 spiro atoms. The van der Waals surface area contributed by atoms with E-state index in [2.05, 4.69) is 0 Å². The summed E-state index contributed by atoms with van der Waals surface area (Å²) in [5.74, 6) is -0.983. The van der Waals surface area contributed by atoms with Crippen molar-refractivity contribution in [3.8, 4) is 0 Å². The molecule has 2 saturated heterocycles. The molecule has 138 valence electrons. The van der Waals surface area contributed by atoms with Crippen LogP contribution >= 0.6 is 0 Å². The van der Waals surface area contributed by atoms with Gasteiger partial charge in [0.15, 0.2) is 0 Å². The molecule has 2 aromatic rings. The van der Waals surface area contributed by atoms with Gasteiger partial charge < -0.3 is 5.11 Å². The fraction of sp³-hybridized carbons (Fsp3) is 0.368. The Balaban J connectivity index is 1.67. The van der Waals surface area contributed by atoms with E-state index in [1.165, 1.54) is 22.5 Å². The summed E-state index contributed by atoms with van der Waals surface area (Å²) in [4.78, 5) is 0.0344. The van der Waals surface area contributed by atoms with Crippen LogP contribution < -0.4 is 0 Å². The quantitative estimate of drug-likeness (QED) is 0.891. The van der Waals surface area contributed by atoms with Crippen molar-refractivity contribution in [1.29, 1.82) is 0 Å². The second-order valence-electron chi connectivity index (χ2n) is 7.09. The van der Waals surface area contributed by atoms with Crippen LogP contribution in [0.15, 0.2) is 53.4 Å². The number of fused-ring (bicyclic) bond motifs is 2. The Morgan fingerprint density at radius 1 is 0.962 bits per heavy atom. The number of hydrogen-bond acceptors (Lipinski definition) is 3. The van der Waals surface area contributed by atoms with Crippen molar-refractivity contribution >= 4 is 10.0 Å². The fourth-order valence-corrected chi connectivity index (χ4v) is 6.23. The highest BCUT2D eigenvalue weighted by molar-refractivity contribution is 7.89. The van der Waals surface area contributed by atoms with Crippen LogP contribution in [0.25, 0.3) is 0 Å². The van der Waals surface area contributed by atoms with Crippen LogP contribution in [0.3, 0.4) is 0 Å². The lowest BCUT2D eigenvalue weighted by molar-refractivity contribution is -0.0365. The summed E-state index contributed by atoms with van der Waals surface area (Å²) >= 11 is 0. The maximum absolute atomic E-state index is 14.2. The van der Waals surface area contributed by atoms with E-state index in [1.54, 1.807) is 18.2 Å². The second kappa shape index (κ2) is 6.11. The zero-order valence-corrected chi connectivity index (χ0v) is 14.8. The van der Waals surface area contributed by atoms with Crippen LogP contribution in [0.1, 0.15) is 31.2 Å². The van der Waals surface area contributed by atoms with Crippen LogP contribution in [0.4, 0.5) is 8.78 Å². The van der Waals surface area contributed by atoms with Crippen molar-refractivity contribution in [2.24, 2.45) is 0 Å². The van der Waals surface area contributed by atoms with Gasteiger partial charge in [-0.05, 0) is 56.0 Å². The molecule has 2 aromatic carbocycles. The SMILES string of the molecule is O=S(=O)(c1ccc(F)cc1)N1C2CCC1CC(O)(c1ccccc1F)C2. The van der Waals surface area contributed by atoms with E-state index in [0.717, 1.165) is 12.1 Å². The van der Waals surface area contributed by atoms with Crippen molar-refractivity contribution < 1.29 is 22.3 Å². The Hall–Kier alpha value is -1.83. The number of hydrogen-bond donors (Lipinski definition) is 1. The third-order valence-electron chi connectivity index (χ3n) is 5.46. The molecule has 2 aliphatic rings. The zero-order chi connectivity index (χ0) is 18.5. The standard InChI is InChI=1S/C19H19F2NO3S/c20-13-5-9-16(10-6-13)26(24,25)22-14-7-8-15(22)12-19(23,11-14)17-3-1-2-4-18(17)21/h1-6,9-10,14-15,23H,7-8,11-12H2. The van der Waals surface area contributed by atoms with Gasteiger partial charge in [0.05, 0.1) is 10.5 Å². The minimum Gasteiger partial charge on any atom is -0.385 e.